The fraction of sp³-hybridized carbons (Fsp3) is 0.533. The highest BCUT2D eigenvalue weighted by Gasteiger charge is 2.39. The topological polar surface area (TPSA) is 127 Å². The Kier molecular flexibility index (Phi) is 9.80. The van der Waals surface area contributed by atoms with E-state index in [-0.39, 0.29) is 45.1 Å². The van der Waals surface area contributed by atoms with E-state index < -0.39 is 11.6 Å². The molecule has 0 aliphatic heterocycles. The summed E-state index contributed by atoms with van der Waals surface area (Å²) in [6, 6.07) is 3.19. The second-order valence-electron chi connectivity index (χ2n) is 10.1. The van der Waals surface area contributed by atoms with Gasteiger partial charge in [-0.3, -0.25) is 9.59 Å². The van der Waals surface area contributed by atoms with Crippen LogP contribution in [0, 0.1) is 0 Å². The molecule has 0 heterocycles. The van der Waals surface area contributed by atoms with Crippen molar-refractivity contribution in [1.29, 1.82) is 0 Å². The molecule has 0 saturated carbocycles. The smallest absolute Gasteiger partial charge is 0.202 e. The third-order valence-electron chi connectivity index (χ3n) is 7.33. The molecule has 0 radical (unpaired) electrons. The first-order valence-electron chi connectivity index (χ1n) is 13.7. The van der Waals surface area contributed by atoms with E-state index in [0.717, 1.165) is 38.5 Å². The summed E-state index contributed by atoms with van der Waals surface area (Å²) in [5.74, 6) is -1.55. The number of phenolic OH excluding ortho intramolecular Hbond substituents is 2. The number of hydrogen-bond acceptors (Lipinski definition) is 6. The third kappa shape index (κ3) is 5.85. The molecule has 0 saturated heterocycles. The number of anilines is 2. The molecule has 0 bridgehead atoms. The van der Waals surface area contributed by atoms with Crippen LogP contribution in [0.25, 0.3) is 0 Å². The predicted molar refractivity (Wildman–Crippen MR) is 146 cm³/mol. The number of nitrogens with two attached hydrogens (primary N) is 2. The van der Waals surface area contributed by atoms with Crippen LogP contribution in [0.1, 0.15) is 134 Å². The first-order chi connectivity index (χ1) is 17.3. The highest BCUT2D eigenvalue weighted by molar-refractivity contribution is 6.33. The Morgan fingerprint density at radius 1 is 0.556 bits per heavy atom. The van der Waals surface area contributed by atoms with Crippen molar-refractivity contribution in [2.24, 2.45) is 0 Å². The van der Waals surface area contributed by atoms with Gasteiger partial charge in [-0.15, -0.1) is 0 Å². The van der Waals surface area contributed by atoms with E-state index in [2.05, 4.69) is 13.8 Å². The Balaban J connectivity index is 1.87. The van der Waals surface area contributed by atoms with Gasteiger partial charge in [0.2, 0.25) is 5.78 Å². The minimum Gasteiger partial charge on any atom is -0.507 e. The monoisotopic (exact) mass is 494 g/mol. The Morgan fingerprint density at radius 3 is 1.28 bits per heavy atom. The number of nitrogen functional groups attached to an aromatic ring is 2. The number of benzene rings is 2. The first-order valence-corrected chi connectivity index (χ1v) is 13.7. The van der Waals surface area contributed by atoms with Crippen molar-refractivity contribution >= 4 is 22.9 Å². The number of aromatic hydroxyl groups is 2. The molecule has 6 nitrogen and oxygen atoms in total. The molecular weight excluding hydrogens is 452 g/mol. The van der Waals surface area contributed by atoms with Gasteiger partial charge in [0.05, 0.1) is 22.3 Å². The van der Waals surface area contributed by atoms with E-state index in [1.165, 1.54) is 38.5 Å². The van der Waals surface area contributed by atoms with Crippen molar-refractivity contribution < 1.29 is 19.8 Å². The molecule has 1 aliphatic rings. The average molecular weight is 495 g/mol. The maximum absolute atomic E-state index is 13.6. The van der Waals surface area contributed by atoms with Crippen molar-refractivity contribution in [2.75, 3.05) is 11.5 Å². The number of hydrogen-bond donors (Lipinski definition) is 4. The van der Waals surface area contributed by atoms with E-state index in [1.807, 2.05) is 0 Å². The van der Waals surface area contributed by atoms with Crippen LogP contribution in [0.3, 0.4) is 0 Å². The zero-order valence-electron chi connectivity index (χ0n) is 21.9. The van der Waals surface area contributed by atoms with Gasteiger partial charge in [0.15, 0.2) is 5.78 Å². The molecule has 0 spiro atoms. The van der Waals surface area contributed by atoms with Crippen LogP contribution in [0.5, 0.6) is 11.5 Å². The molecule has 6 N–H and O–H groups in total. The number of phenols is 2. The lowest BCUT2D eigenvalue weighted by Gasteiger charge is -2.24. The largest absolute Gasteiger partial charge is 0.507 e. The molecule has 36 heavy (non-hydrogen) atoms. The maximum Gasteiger partial charge on any atom is 0.202 e. The predicted octanol–water partition coefficient (Wildman–Crippen LogP) is 6.84. The highest BCUT2D eigenvalue weighted by atomic mass is 16.3. The van der Waals surface area contributed by atoms with Gasteiger partial charge in [-0.25, -0.2) is 0 Å². The summed E-state index contributed by atoms with van der Waals surface area (Å²) in [6.45, 7) is 4.35. The summed E-state index contributed by atoms with van der Waals surface area (Å²) in [4.78, 5) is 27.0. The number of fused-ring (bicyclic) bond motifs is 2. The number of aryl methyl sites for hydroxylation is 2. The molecule has 196 valence electrons. The SMILES string of the molecule is CCCCCCCCc1cc(N)c2c(c1O)C(=O)c1c(O)c(CCCCCCCC)cc(N)c1C2=O. The fourth-order valence-electron chi connectivity index (χ4n) is 5.26. The Labute approximate surface area is 215 Å². The lowest BCUT2D eigenvalue weighted by atomic mass is 9.79. The molecule has 0 fully saturated rings. The van der Waals surface area contributed by atoms with Gasteiger partial charge in [-0.2, -0.15) is 0 Å². The summed E-state index contributed by atoms with van der Waals surface area (Å²) in [5.41, 5.74) is 13.6. The lowest BCUT2D eigenvalue weighted by Crippen LogP contribution is -2.25. The van der Waals surface area contributed by atoms with Gasteiger partial charge in [0.25, 0.3) is 0 Å². The third-order valence-corrected chi connectivity index (χ3v) is 7.33. The molecule has 3 rings (SSSR count). The fourth-order valence-corrected chi connectivity index (χ4v) is 5.26. The Hall–Kier alpha value is -3.02. The lowest BCUT2D eigenvalue weighted by molar-refractivity contribution is 0.0975. The molecule has 6 heteroatoms. The van der Waals surface area contributed by atoms with Gasteiger partial charge in [-0.1, -0.05) is 78.1 Å². The van der Waals surface area contributed by atoms with E-state index >= 15 is 0 Å². The molecule has 1 aliphatic carbocycles. The van der Waals surface area contributed by atoms with Gasteiger partial charge >= 0.3 is 0 Å². The quantitative estimate of drug-likeness (QED) is 0.110. The summed E-state index contributed by atoms with van der Waals surface area (Å²) < 4.78 is 0. The van der Waals surface area contributed by atoms with Gasteiger partial charge in [0, 0.05) is 11.4 Å². The second kappa shape index (κ2) is 12.8. The van der Waals surface area contributed by atoms with Crippen LogP contribution in [0.4, 0.5) is 11.4 Å². The average Bonchev–Trinajstić information content (AvgIpc) is 2.85. The van der Waals surface area contributed by atoms with Crippen molar-refractivity contribution in [1.82, 2.24) is 0 Å². The molecular formula is C30H42N2O4. The normalized spacial score (nSPS) is 12.6. The molecule has 0 unspecified atom stereocenters. The van der Waals surface area contributed by atoms with Gasteiger partial charge < -0.3 is 21.7 Å². The minimum atomic E-state index is -0.595. The standard InChI is InChI=1S/C30H42N2O4/c1-3-5-7-9-11-13-15-19-17-21(31)23-25(27(19)33)30(36)26-24(29(23)35)22(32)18-20(28(26)34)16-14-12-10-8-6-4-2/h17-18,33-34H,3-16,31-32H2,1-2H3. The summed E-state index contributed by atoms with van der Waals surface area (Å²) in [6.07, 6.45) is 14.3. The van der Waals surface area contributed by atoms with Crippen LogP contribution in [0.15, 0.2) is 12.1 Å². The Morgan fingerprint density at radius 2 is 0.889 bits per heavy atom. The number of unbranched alkanes of at least 4 members (excludes halogenated alkanes) is 10. The zero-order valence-corrected chi connectivity index (χ0v) is 21.9. The molecule has 0 amide bonds. The van der Waals surface area contributed by atoms with E-state index in [1.54, 1.807) is 12.1 Å². The van der Waals surface area contributed by atoms with Crippen LogP contribution >= 0.6 is 0 Å². The maximum atomic E-state index is 13.6. The minimum absolute atomic E-state index is 0.0218. The number of carbonyl (C=O) groups excluding carboxylic acids is 2. The van der Waals surface area contributed by atoms with Gasteiger partial charge in [-0.05, 0) is 48.9 Å². The summed E-state index contributed by atoms with van der Waals surface area (Å²) in [7, 11) is 0. The number of ketones is 2. The first kappa shape index (κ1) is 27.6. The number of rotatable bonds is 14. The van der Waals surface area contributed by atoms with Crippen molar-refractivity contribution in [3.8, 4) is 11.5 Å². The van der Waals surface area contributed by atoms with E-state index in [4.69, 9.17) is 11.5 Å². The van der Waals surface area contributed by atoms with E-state index in [9.17, 15) is 19.8 Å². The molecule has 2 aromatic carbocycles. The summed E-state index contributed by atoms with van der Waals surface area (Å²) >= 11 is 0. The van der Waals surface area contributed by atoms with Crippen LogP contribution in [-0.4, -0.2) is 21.8 Å². The number of carbonyl (C=O) groups is 2. The van der Waals surface area contributed by atoms with Crippen LogP contribution < -0.4 is 11.5 Å². The van der Waals surface area contributed by atoms with Crippen molar-refractivity contribution in [3.05, 3.63) is 45.5 Å². The van der Waals surface area contributed by atoms with Crippen LogP contribution in [-0.2, 0) is 12.8 Å². The van der Waals surface area contributed by atoms with Gasteiger partial charge in [0.1, 0.15) is 11.5 Å². The van der Waals surface area contributed by atoms with Crippen LogP contribution in [0.2, 0.25) is 0 Å². The molecule has 2 aromatic rings. The Bertz CT molecular complexity index is 1020. The van der Waals surface area contributed by atoms with Crippen molar-refractivity contribution in [3.63, 3.8) is 0 Å². The molecule has 0 atom stereocenters. The second-order valence-corrected chi connectivity index (χ2v) is 10.1. The van der Waals surface area contributed by atoms with Crippen molar-refractivity contribution in [2.45, 2.75) is 104 Å². The van der Waals surface area contributed by atoms with E-state index in [0.29, 0.717) is 24.0 Å². The summed E-state index contributed by atoms with van der Waals surface area (Å²) in [5, 5.41) is 22.1. The highest BCUT2D eigenvalue weighted by Crippen LogP contribution is 2.44. The molecule has 0 aromatic heterocycles. The zero-order chi connectivity index (χ0) is 26.2.